The third kappa shape index (κ3) is 6.98. The van der Waals surface area contributed by atoms with Gasteiger partial charge in [-0.15, -0.1) is 0 Å². The summed E-state index contributed by atoms with van der Waals surface area (Å²) in [7, 11) is 1.50. The van der Waals surface area contributed by atoms with Gasteiger partial charge in [-0.2, -0.15) is 0 Å². The molecular formula is C36H36N2O6. The number of para-hydroxylation sites is 2. The van der Waals surface area contributed by atoms with Gasteiger partial charge in [0.25, 0.3) is 0 Å². The number of amides is 2. The number of Topliss-reactive ketones (excluding diaryl/α,β-unsaturated/α-hetero) is 1. The van der Waals surface area contributed by atoms with Crippen molar-refractivity contribution < 1.29 is 29.0 Å². The molecule has 0 saturated heterocycles. The van der Waals surface area contributed by atoms with Crippen LogP contribution in [0.2, 0.25) is 0 Å². The topological polar surface area (TPSA) is 114 Å². The molecule has 4 unspecified atom stereocenters. The highest BCUT2D eigenvalue weighted by atomic mass is 16.5. The molecule has 0 aromatic heterocycles. The number of carbonyl (C=O) groups excluding carboxylic acids is 3. The van der Waals surface area contributed by atoms with E-state index in [1.54, 1.807) is 66.7 Å². The van der Waals surface area contributed by atoms with Crippen LogP contribution in [-0.4, -0.2) is 42.0 Å². The van der Waals surface area contributed by atoms with Gasteiger partial charge in [-0.05, 0) is 54.4 Å². The number of benzene rings is 4. The van der Waals surface area contributed by atoms with Gasteiger partial charge >= 0.3 is 0 Å². The van der Waals surface area contributed by atoms with Crippen molar-refractivity contribution in [2.45, 2.75) is 31.3 Å². The number of nitrogens with one attached hydrogen (secondary N) is 2. The van der Waals surface area contributed by atoms with Crippen molar-refractivity contribution in [2.24, 2.45) is 11.8 Å². The summed E-state index contributed by atoms with van der Waals surface area (Å²) in [6, 6.07) is 32.8. The predicted molar refractivity (Wildman–Crippen MR) is 169 cm³/mol. The Balaban J connectivity index is 1.51. The maximum Gasteiger partial charge on any atom is 0.235 e. The fourth-order valence-corrected chi connectivity index (χ4v) is 5.91. The number of ether oxygens (including phenoxy) is 2. The summed E-state index contributed by atoms with van der Waals surface area (Å²) in [5.41, 5.74) is 0.945. The second kappa shape index (κ2) is 13.6. The van der Waals surface area contributed by atoms with E-state index in [1.807, 2.05) is 42.5 Å². The molecule has 3 N–H and O–H groups in total. The van der Waals surface area contributed by atoms with E-state index in [1.165, 1.54) is 14.0 Å². The van der Waals surface area contributed by atoms with E-state index in [0.29, 0.717) is 41.5 Å². The maximum absolute atomic E-state index is 13.9. The summed E-state index contributed by atoms with van der Waals surface area (Å²) >= 11 is 0. The fraction of sp³-hybridized carbons (Fsp3) is 0.250. The Morgan fingerprint density at radius 2 is 1.39 bits per heavy atom. The van der Waals surface area contributed by atoms with E-state index in [0.717, 1.165) is 5.56 Å². The Morgan fingerprint density at radius 3 is 1.98 bits per heavy atom. The van der Waals surface area contributed by atoms with Crippen LogP contribution in [0, 0.1) is 11.8 Å². The van der Waals surface area contributed by atoms with Crippen molar-refractivity contribution in [3.8, 4) is 11.5 Å². The molecule has 1 aliphatic carbocycles. The van der Waals surface area contributed by atoms with Crippen molar-refractivity contribution in [2.75, 3.05) is 24.4 Å². The van der Waals surface area contributed by atoms with Crippen LogP contribution >= 0.6 is 0 Å². The highest BCUT2D eigenvalue weighted by Gasteiger charge is 2.56. The van der Waals surface area contributed by atoms with Crippen molar-refractivity contribution in [3.05, 3.63) is 120 Å². The minimum absolute atomic E-state index is 0.360. The molecule has 8 nitrogen and oxygen atoms in total. The average Bonchev–Trinajstić information content (AvgIpc) is 3.01. The quantitative estimate of drug-likeness (QED) is 0.206. The average molecular weight is 593 g/mol. The summed E-state index contributed by atoms with van der Waals surface area (Å²) in [5, 5.41) is 17.3. The fourth-order valence-electron chi connectivity index (χ4n) is 5.91. The van der Waals surface area contributed by atoms with Gasteiger partial charge in [-0.3, -0.25) is 14.4 Å². The van der Waals surface area contributed by atoms with Gasteiger partial charge in [0, 0.05) is 30.1 Å². The third-order valence-corrected chi connectivity index (χ3v) is 7.98. The second-order valence-corrected chi connectivity index (χ2v) is 11.2. The number of carbonyl (C=O) groups is 3. The van der Waals surface area contributed by atoms with Crippen LogP contribution in [0.3, 0.4) is 0 Å². The second-order valence-electron chi connectivity index (χ2n) is 11.2. The van der Waals surface area contributed by atoms with Crippen LogP contribution in [0.5, 0.6) is 11.5 Å². The molecule has 0 heterocycles. The lowest BCUT2D eigenvalue weighted by Crippen LogP contribution is -2.56. The lowest BCUT2D eigenvalue weighted by molar-refractivity contribution is -0.150. The lowest BCUT2D eigenvalue weighted by Gasteiger charge is -2.44. The smallest absolute Gasteiger partial charge is 0.235 e. The van der Waals surface area contributed by atoms with E-state index in [-0.39, 0.29) is 6.42 Å². The molecule has 0 aliphatic heterocycles. The number of hydrogen-bond donors (Lipinski definition) is 3. The summed E-state index contributed by atoms with van der Waals surface area (Å²) in [4.78, 5) is 41.4. The number of ketones is 1. The molecule has 1 saturated carbocycles. The Kier molecular flexibility index (Phi) is 9.41. The molecule has 4 aromatic rings. The van der Waals surface area contributed by atoms with E-state index >= 15 is 0 Å². The largest absolute Gasteiger partial charge is 0.493 e. The zero-order chi connectivity index (χ0) is 31.1. The molecule has 226 valence electrons. The standard InChI is InChI=1S/C36H36N2O6/c1-36(42)23-28(39)32(34(40)37-26-14-8-4-9-15-26)31(33(36)35(41)38-27-16-10-5-11-17-27)25-18-19-29(30(22-25)43-2)44-21-20-24-12-6-3-7-13-24/h3-19,22,31-33,42H,20-21,23H2,1-2H3,(H,37,40)(H,38,41). The summed E-state index contributed by atoms with van der Waals surface area (Å²) in [5.74, 6) is -4.06. The molecule has 5 rings (SSSR count). The van der Waals surface area contributed by atoms with Crippen molar-refractivity contribution in [1.29, 1.82) is 0 Å². The Morgan fingerprint density at radius 1 is 0.818 bits per heavy atom. The highest BCUT2D eigenvalue weighted by molar-refractivity contribution is 6.10. The first-order valence-electron chi connectivity index (χ1n) is 14.6. The van der Waals surface area contributed by atoms with Crippen LogP contribution in [0.1, 0.15) is 30.4 Å². The van der Waals surface area contributed by atoms with Gasteiger partial charge in [-0.1, -0.05) is 72.8 Å². The van der Waals surface area contributed by atoms with Gasteiger partial charge < -0.3 is 25.2 Å². The normalized spacial score (nSPS) is 21.2. The molecule has 8 heteroatoms. The summed E-state index contributed by atoms with van der Waals surface area (Å²) < 4.78 is 11.7. The molecular weight excluding hydrogens is 556 g/mol. The predicted octanol–water partition coefficient (Wildman–Crippen LogP) is 5.63. The van der Waals surface area contributed by atoms with Crippen LogP contribution < -0.4 is 20.1 Å². The Labute approximate surface area is 257 Å². The number of rotatable bonds is 10. The van der Waals surface area contributed by atoms with E-state index in [9.17, 15) is 19.5 Å². The third-order valence-electron chi connectivity index (χ3n) is 7.98. The number of hydrogen-bond acceptors (Lipinski definition) is 6. The Hall–Kier alpha value is -4.95. The van der Waals surface area contributed by atoms with Crippen LogP contribution in [0.4, 0.5) is 11.4 Å². The minimum atomic E-state index is -1.73. The van der Waals surface area contributed by atoms with Crippen LogP contribution in [-0.2, 0) is 20.8 Å². The first kappa shape index (κ1) is 30.5. The number of aliphatic hydroxyl groups is 1. The first-order chi connectivity index (χ1) is 21.3. The van der Waals surface area contributed by atoms with Crippen molar-refractivity contribution >= 4 is 29.0 Å². The number of methoxy groups -OCH3 is 1. The van der Waals surface area contributed by atoms with E-state index in [2.05, 4.69) is 10.6 Å². The van der Waals surface area contributed by atoms with Gasteiger partial charge in [0.05, 0.1) is 25.2 Å². The summed E-state index contributed by atoms with van der Waals surface area (Å²) in [6.07, 6.45) is 0.330. The summed E-state index contributed by atoms with van der Waals surface area (Å²) in [6.45, 7) is 1.87. The zero-order valence-corrected chi connectivity index (χ0v) is 24.7. The minimum Gasteiger partial charge on any atom is -0.493 e. The Bertz CT molecular complexity index is 1590. The molecule has 4 aromatic carbocycles. The lowest BCUT2D eigenvalue weighted by atomic mass is 9.61. The van der Waals surface area contributed by atoms with E-state index < -0.39 is 41.0 Å². The molecule has 2 amide bonds. The molecule has 0 bridgehead atoms. The monoisotopic (exact) mass is 592 g/mol. The molecule has 44 heavy (non-hydrogen) atoms. The molecule has 0 radical (unpaired) electrons. The first-order valence-corrected chi connectivity index (χ1v) is 14.6. The van der Waals surface area contributed by atoms with Gasteiger partial charge in [-0.25, -0.2) is 0 Å². The zero-order valence-electron chi connectivity index (χ0n) is 24.7. The van der Waals surface area contributed by atoms with E-state index in [4.69, 9.17) is 9.47 Å². The molecule has 1 fully saturated rings. The highest BCUT2D eigenvalue weighted by Crippen LogP contribution is 2.48. The molecule has 4 atom stereocenters. The molecule has 1 aliphatic rings. The van der Waals surface area contributed by atoms with Gasteiger partial charge in [0.15, 0.2) is 11.5 Å². The van der Waals surface area contributed by atoms with Crippen molar-refractivity contribution in [1.82, 2.24) is 0 Å². The SMILES string of the molecule is COc1cc(C2C(C(=O)Nc3ccccc3)C(=O)CC(C)(O)C2C(=O)Nc2ccccc2)ccc1OCCc1ccccc1. The maximum atomic E-state index is 13.9. The van der Waals surface area contributed by atoms with Gasteiger partial charge in [0.1, 0.15) is 11.7 Å². The van der Waals surface area contributed by atoms with Gasteiger partial charge in [0.2, 0.25) is 11.8 Å². The molecule has 0 spiro atoms. The van der Waals surface area contributed by atoms with Crippen LogP contribution in [0.15, 0.2) is 109 Å². The number of anilines is 2. The van der Waals surface area contributed by atoms with Crippen LogP contribution in [0.25, 0.3) is 0 Å². The van der Waals surface area contributed by atoms with Crippen molar-refractivity contribution in [3.63, 3.8) is 0 Å².